The molecule has 1 fully saturated rings. The number of hydrogen-bond acceptors (Lipinski definition) is 6. The average Bonchev–Trinajstić information content (AvgIpc) is 2.77. The third kappa shape index (κ3) is 6.31. The largest absolute Gasteiger partial charge is 0.444 e. The molecule has 8 nitrogen and oxygen atoms in total. The molecule has 1 aliphatic rings. The summed E-state index contributed by atoms with van der Waals surface area (Å²) in [6.07, 6.45) is -0.153. The fraction of sp³-hybridized carbons (Fsp3) is 0.588. The summed E-state index contributed by atoms with van der Waals surface area (Å²) in [7, 11) is 0. The van der Waals surface area contributed by atoms with Gasteiger partial charge >= 0.3 is 6.09 Å². The monoisotopic (exact) mass is 447 g/mol. The van der Waals surface area contributed by atoms with Crippen LogP contribution in [-0.2, 0) is 9.47 Å². The number of nitrogens with one attached hydrogen (secondary N) is 1. The second kappa shape index (κ2) is 8.83. The number of nitro groups is 1. The second-order valence-corrected chi connectivity index (χ2v) is 8.05. The standard InChI is InChI=1S/C17H23BrFN3O5/c1-17(2,3)27-16(23)21-5-4-6-26-12(10-21)9-20-15-13(18)7-11(19)8-14(15)22(24)25/h7-8,12,20H,4-6,9-10H2,1-3H3. The van der Waals surface area contributed by atoms with Crippen LogP contribution in [0.15, 0.2) is 16.6 Å². The Hall–Kier alpha value is -1.94. The van der Waals surface area contributed by atoms with Gasteiger partial charge in [-0.15, -0.1) is 0 Å². The molecule has 1 heterocycles. The zero-order valence-electron chi connectivity index (χ0n) is 15.5. The molecule has 1 aliphatic heterocycles. The molecule has 0 bridgehead atoms. The summed E-state index contributed by atoms with van der Waals surface area (Å²) < 4.78 is 24.8. The third-order valence-corrected chi connectivity index (χ3v) is 4.36. The first-order valence-electron chi connectivity index (χ1n) is 8.53. The maximum atomic E-state index is 13.4. The quantitative estimate of drug-likeness (QED) is 0.554. The third-order valence-electron chi connectivity index (χ3n) is 3.74. The van der Waals surface area contributed by atoms with Gasteiger partial charge in [0.2, 0.25) is 0 Å². The van der Waals surface area contributed by atoms with Crippen molar-refractivity contribution in [3.05, 3.63) is 32.5 Å². The number of amides is 1. The van der Waals surface area contributed by atoms with Gasteiger partial charge in [0, 0.05) is 19.7 Å². The van der Waals surface area contributed by atoms with Crippen molar-refractivity contribution in [1.82, 2.24) is 4.90 Å². The van der Waals surface area contributed by atoms with Crippen LogP contribution in [0.5, 0.6) is 0 Å². The minimum absolute atomic E-state index is 0.165. The lowest BCUT2D eigenvalue weighted by atomic mass is 10.2. The number of nitro benzene ring substituents is 1. The van der Waals surface area contributed by atoms with E-state index in [9.17, 15) is 19.3 Å². The van der Waals surface area contributed by atoms with E-state index < -0.39 is 28.5 Å². The summed E-state index contributed by atoms with van der Waals surface area (Å²) in [6.45, 7) is 6.85. The normalized spacial score (nSPS) is 18.0. The van der Waals surface area contributed by atoms with Crippen molar-refractivity contribution in [2.45, 2.75) is 38.9 Å². The van der Waals surface area contributed by atoms with E-state index in [1.165, 1.54) is 0 Å². The molecule has 1 aromatic carbocycles. The average molecular weight is 448 g/mol. The van der Waals surface area contributed by atoms with Gasteiger partial charge in [-0.3, -0.25) is 10.1 Å². The SMILES string of the molecule is CC(C)(C)OC(=O)N1CCCOC(CNc2c(Br)cc(F)cc2[N+](=O)[O-])C1. The molecule has 27 heavy (non-hydrogen) atoms. The molecule has 10 heteroatoms. The Balaban J connectivity index is 2.07. The van der Waals surface area contributed by atoms with Gasteiger partial charge in [-0.1, -0.05) is 0 Å². The van der Waals surface area contributed by atoms with Crippen molar-refractivity contribution in [2.75, 3.05) is 31.6 Å². The minimum Gasteiger partial charge on any atom is -0.444 e. The van der Waals surface area contributed by atoms with E-state index in [0.29, 0.717) is 19.6 Å². The van der Waals surface area contributed by atoms with Crippen LogP contribution in [-0.4, -0.2) is 53.9 Å². The van der Waals surface area contributed by atoms with Gasteiger partial charge in [0.05, 0.1) is 28.1 Å². The molecule has 2 rings (SSSR count). The highest BCUT2D eigenvalue weighted by atomic mass is 79.9. The topological polar surface area (TPSA) is 93.9 Å². The molecule has 150 valence electrons. The van der Waals surface area contributed by atoms with Crippen molar-refractivity contribution in [2.24, 2.45) is 0 Å². The van der Waals surface area contributed by atoms with Crippen LogP contribution in [0.2, 0.25) is 0 Å². The fourth-order valence-electron chi connectivity index (χ4n) is 2.61. The van der Waals surface area contributed by atoms with Gasteiger partial charge in [0.15, 0.2) is 0 Å². The molecule has 0 saturated carbocycles. The molecule has 0 aliphatic carbocycles. The van der Waals surface area contributed by atoms with E-state index in [2.05, 4.69) is 21.2 Å². The van der Waals surface area contributed by atoms with E-state index in [1.807, 2.05) is 0 Å². The zero-order chi connectivity index (χ0) is 20.2. The summed E-state index contributed by atoms with van der Waals surface area (Å²) >= 11 is 3.14. The van der Waals surface area contributed by atoms with Crippen molar-refractivity contribution < 1.29 is 23.6 Å². The number of anilines is 1. The molecule has 1 aromatic rings. The van der Waals surface area contributed by atoms with Gasteiger partial charge in [-0.05, 0) is 49.2 Å². The van der Waals surface area contributed by atoms with E-state index in [0.717, 1.165) is 12.1 Å². The van der Waals surface area contributed by atoms with Gasteiger partial charge in [0.1, 0.15) is 17.1 Å². The fourth-order valence-corrected chi connectivity index (χ4v) is 3.17. The molecule has 1 saturated heterocycles. The second-order valence-electron chi connectivity index (χ2n) is 7.19. The Morgan fingerprint density at radius 2 is 2.22 bits per heavy atom. The molecular formula is C17H23BrFN3O5. The highest BCUT2D eigenvalue weighted by Crippen LogP contribution is 2.33. The first kappa shape index (κ1) is 21.4. The van der Waals surface area contributed by atoms with Crippen molar-refractivity contribution in [3.8, 4) is 0 Å². The van der Waals surface area contributed by atoms with Gasteiger partial charge in [-0.2, -0.15) is 0 Å². The molecular weight excluding hydrogens is 425 g/mol. The Kier molecular flexibility index (Phi) is 6.99. The van der Waals surface area contributed by atoms with Crippen LogP contribution < -0.4 is 5.32 Å². The number of benzene rings is 1. The maximum absolute atomic E-state index is 13.4. The number of hydrogen-bond donors (Lipinski definition) is 1. The van der Waals surface area contributed by atoms with Gasteiger partial charge in [0.25, 0.3) is 5.69 Å². The zero-order valence-corrected chi connectivity index (χ0v) is 17.0. The summed E-state index contributed by atoms with van der Waals surface area (Å²) in [5, 5.41) is 14.1. The van der Waals surface area contributed by atoms with Crippen LogP contribution in [0.4, 0.5) is 20.6 Å². The van der Waals surface area contributed by atoms with Crippen LogP contribution in [0.3, 0.4) is 0 Å². The summed E-state index contributed by atoms with van der Waals surface area (Å²) in [5.41, 5.74) is -0.810. The highest BCUT2D eigenvalue weighted by molar-refractivity contribution is 9.10. The van der Waals surface area contributed by atoms with Gasteiger partial charge in [-0.25, -0.2) is 9.18 Å². The van der Waals surface area contributed by atoms with Crippen molar-refractivity contribution >= 4 is 33.4 Å². The van der Waals surface area contributed by atoms with Crippen LogP contribution >= 0.6 is 15.9 Å². The van der Waals surface area contributed by atoms with E-state index in [1.54, 1.807) is 25.7 Å². The van der Waals surface area contributed by atoms with Crippen LogP contribution in [0.25, 0.3) is 0 Å². The van der Waals surface area contributed by atoms with E-state index in [-0.39, 0.29) is 28.9 Å². The summed E-state index contributed by atoms with van der Waals surface area (Å²) in [6, 6.07) is 2.00. The predicted octanol–water partition coefficient (Wildman–Crippen LogP) is 3.93. The molecule has 1 unspecified atom stereocenters. The predicted molar refractivity (Wildman–Crippen MR) is 101 cm³/mol. The number of rotatable bonds is 4. The molecule has 0 aromatic heterocycles. The molecule has 1 N–H and O–H groups in total. The van der Waals surface area contributed by atoms with E-state index >= 15 is 0 Å². The Morgan fingerprint density at radius 3 is 2.85 bits per heavy atom. The van der Waals surface area contributed by atoms with E-state index in [4.69, 9.17) is 9.47 Å². The lowest BCUT2D eigenvalue weighted by Crippen LogP contribution is -2.42. The lowest BCUT2D eigenvalue weighted by Gasteiger charge is -2.28. The molecule has 0 spiro atoms. The lowest BCUT2D eigenvalue weighted by molar-refractivity contribution is -0.384. The maximum Gasteiger partial charge on any atom is 0.410 e. The van der Waals surface area contributed by atoms with Crippen LogP contribution in [0.1, 0.15) is 27.2 Å². The molecule has 1 amide bonds. The minimum atomic E-state index is -0.707. The highest BCUT2D eigenvalue weighted by Gasteiger charge is 2.27. The van der Waals surface area contributed by atoms with Crippen molar-refractivity contribution in [3.63, 3.8) is 0 Å². The number of ether oxygens (including phenoxy) is 2. The Bertz CT molecular complexity index is 711. The summed E-state index contributed by atoms with van der Waals surface area (Å²) in [5.74, 6) is -0.707. The smallest absolute Gasteiger partial charge is 0.410 e. The van der Waals surface area contributed by atoms with Gasteiger partial charge < -0.3 is 19.7 Å². The molecule has 1 atom stereocenters. The summed E-state index contributed by atoms with van der Waals surface area (Å²) in [4.78, 5) is 24.4. The number of halogens is 2. The molecule has 0 radical (unpaired) electrons. The van der Waals surface area contributed by atoms with Crippen LogP contribution in [0, 0.1) is 15.9 Å². The first-order chi connectivity index (χ1) is 12.6. The Morgan fingerprint density at radius 1 is 1.52 bits per heavy atom. The van der Waals surface area contributed by atoms with Crippen molar-refractivity contribution in [1.29, 1.82) is 0 Å². The number of carbonyl (C=O) groups excluding carboxylic acids is 1. The first-order valence-corrected chi connectivity index (χ1v) is 9.33. The Labute approximate surface area is 165 Å². The number of nitrogens with zero attached hydrogens (tertiary/aromatic N) is 2. The number of carbonyl (C=O) groups is 1.